The molecule has 2 aliphatic rings. The zero-order chi connectivity index (χ0) is 20.4. The first-order valence-corrected chi connectivity index (χ1v) is 9.93. The predicted molar refractivity (Wildman–Crippen MR) is 99.7 cm³/mol. The minimum atomic E-state index is -4.48. The summed E-state index contributed by atoms with van der Waals surface area (Å²) < 4.78 is 38.4. The highest BCUT2D eigenvalue weighted by Crippen LogP contribution is 2.39. The van der Waals surface area contributed by atoms with Crippen molar-refractivity contribution in [1.29, 1.82) is 0 Å². The van der Waals surface area contributed by atoms with Gasteiger partial charge >= 0.3 is 6.18 Å². The molecule has 2 atom stereocenters. The summed E-state index contributed by atoms with van der Waals surface area (Å²) in [7, 11) is 0. The Bertz CT molecular complexity index is 727. The van der Waals surface area contributed by atoms with Gasteiger partial charge in [-0.05, 0) is 38.2 Å². The summed E-state index contributed by atoms with van der Waals surface area (Å²) >= 11 is 0. The molecule has 1 aromatic rings. The molecule has 1 saturated carbocycles. The van der Waals surface area contributed by atoms with Gasteiger partial charge < -0.3 is 10.6 Å². The lowest BCUT2D eigenvalue weighted by molar-refractivity contribution is -0.171. The summed E-state index contributed by atoms with van der Waals surface area (Å²) in [4.78, 5) is 24.7. The van der Waals surface area contributed by atoms with Crippen molar-refractivity contribution < 1.29 is 22.8 Å². The highest BCUT2D eigenvalue weighted by molar-refractivity contribution is 6.00. The Balaban J connectivity index is 1.67. The van der Waals surface area contributed by atoms with Gasteiger partial charge in [0.15, 0.2) is 0 Å². The van der Waals surface area contributed by atoms with Crippen LogP contribution >= 0.6 is 0 Å². The van der Waals surface area contributed by atoms with Gasteiger partial charge in [0.2, 0.25) is 11.8 Å². The number of halogens is 3. The van der Waals surface area contributed by atoms with E-state index in [1.807, 2.05) is 24.4 Å². The van der Waals surface area contributed by atoms with Crippen LogP contribution in [0.1, 0.15) is 56.1 Å². The molecule has 154 valence electrons. The number of amides is 2. The van der Waals surface area contributed by atoms with Gasteiger partial charge in [-0.25, -0.2) is 0 Å². The highest BCUT2D eigenvalue weighted by Gasteiger charge is 2.46. The SMILES string of the molecule is Cc1cccc(C2(CNC(=O)C3CCC(C(F)(F)F)NC3=O)CCCCC2)c1. The van der Waals surface area contributed by atoms with E-state index in [1.165, 1.54) is 5.56 Å². The predicted octanol–water partition coefficient (Wildman–Crippen LogP) is 3.77. The van der Waals surface area contributed by atoms with Gasteiger partial charge in [-0.15, -0.1) is 0 Å². The normalized spacial score (nSPS) is 25.1. The lowest BCUT2D eigenvalue weighted by Gasteiger charge is -2.39. The van der Waals surface area contributed by atoms with Crippen molar-refractivity contribution in [2.75, 3.05) is 6.54 Å². The Morgan fingerprint density at radius 1 is 1.21 bits per heavy atom. The fraction of sp³-hybridized carbons (Fsp3) is 0.619. The average Bonchev–Trinajstić information content (AvgIpc) is 2.66. The molecule has 1 aliphatic carbocycles. The summed E-state index contributed by atoms with van der Waals surface area (Å²) in [5.41, 5.74) is 2.15. The zero-order valence-corrected chi connectivity index (χ0v) is 16.1. The standard InChI is InChI=1S/C21H27F3N2O2/c1-14-6-5-7-15(12-14)20(10-3-2-4-11-20)13-25-18(27)16-8-9-17(21(22,23)24)26-19(16)28/h5-7,12,16-17H,2-4,8-11,13H2,1H3,(H,25,27)(H,26,28). The lowest BCUT2D eigenvalue weighted by Crippen LogP contribution is -2.55. The third kappa shape index (κ3) is 4.50. The van der Waals surface area contributed by atoms with Crippen LogP contribution in [0.5, 0.6) is 0 Å². The van der Waals surface area contributed by atoms with Crippen LogP contribution in [-0.2, 0) is 15.0 Å². The van der Waals surface area contributed by atoms with E-state index in [0.717, 1.165) is 37.7 Å². The van der Waals surface area contributed by atoms with Gasteiger partial charge in [0.1, 0.15) is 12.0 Å². The molecule has 7 heteroatoms. The van der Waals surface area contributed by atoms with Gasteiger partial charge in [-0.1, -0.05) is 49.1 Å². The van der Waals surface area contributed by atoms with Crippen molar-refractivity contribution in [3.8, 4) is 0 Å². The molecule has 0 spiro atoms. The van der Waals surface area contributed by atoms with E-state index in [2.05, 4.69) is 17.4 Å². The summed E-state index contributed by atoms with van der Waals surface area (Å²) in [5.74, 6) is -2.37. The van der Waals surface area contributed by atoms with E-state index in [1.54, 1.807) is 0 Å². The number of carbonyl (C=O) groups is 2. The van der Waals surface area contributed by atoms with Crippen molar-refractivity contribution in [2.24, 2.45) is 5.92 Å². The van der Waals surface area contributed by atoms with E-state index in [9.17, 15) is 22.8 Å². The van der Waals surface area contributed by atoms with Crippen LogP contribution in [0.15, 0.2) is 24.3 Å². The van der Waals surface area contributed by atoms with Crippen LogP contribution in [0.4, 0.5) is 13.2 Å². The van der Waals surface area contributed by atoms with Crippen LogP contribution in [0.3, 0.4) is 0 Å². The molecule has 2 unspecified atom stereocenters. The Hall–Kier alpha value is -2.05. The van der Waals surface area contributed by atoms with Crippen molar-refractivity contribution in [1.82, 2.24) is 10.6 Å². The van der Waals surface area contributed by atoms with Crippen LogP contribution < -0.4 is 10.6 Å². The number of piperidine rings is 1. The molecule has 4 nitrogen and oxygen atoms in total. The monoisotopic (exact) mass is 396 g/mol. The minimum absolute atomic E-state index is 0.0840. The van der Waals surface area contributed by atoms with Crippen molar-refractivity contribution >= 4 is 11.8 Å². The first-order valence-electron chi connectivity index (χ1n) is 9.93. The van der Waals surface area contributed by atoms with Crippen molar-refractivity contribution in [3.05, 3.63) is 35.4 Å². The lowest BCUT2D eigenvalue weighted by atomic mass is 9.69. The van der Waals surface area contributed by atoms with Crippen LogP contribution in [0.2, 0.25) is 0 Å². The van der Waals surface area contributed by atoms with E-state index in [-0.39, 0.29) is 18.3 Å². The summed E-state index contributed by atoms with van der Waals surface area (Å²) in [6, 6.07) is 6.39. The molecule has 1 saturated heterocycles. The Labute approximate surface area is 163 Å². The number of aryl methyl sites for hydroxylation is 1. The molecule has 2 amide bonds. The largest absolute Gasteiger partial charge is 0.408 e. The molecule has 0 bridgehead atoms. The molecule has 0 radical (unpaired) electrons. The third-order valence-corrected chi connectivity index (χ3v) is 6.13. The van der Waals surface area contributed by atoms with Crippen molar-refractivity contribution in [3.63, 3.8) is 0 Å². The fourth-order valence-corrected chi connectivity index (χ4v) is 4.46. The smallest absolute Gasteiger partial charge is 0.355 e. The van der Waals surface area contributed by atoms with E-state index in [4.69, 9.17) is 0 Å². The number of alkyl halides is 3. The highest BCUT2D eigenvalue weighted by atomic mass is 19.4. The third-order valence-electron chi connectivity index (χ3n) is 6.13. The maximum atomic E-state index is 12.8. The molecule has 2 N–H and O–H groups in total. The molecule has 0 aromatic heterocycles. The summed E-state index contributed by atoms with van der Waals surface area (Å²) in [6.45, 7) is 2.43. The molecular formula is C21H27F3N2O2. The van der Waals surface area contributed by atoms with Gasteiger partial charge in [-0.3, -0.25) is 9.59 Å². The Morgan fingerprint density at radius 2 is 1.93 bits per heavy atom. The number of hydrogen-bond acceptors (Lipinski definition) is 2. The first-order chi connectivity index (χ1) is 13.2. The second kappa shape index (κ2) is 8.13. The van der Waals surface area contributed by atoms with E-state index < -0.39 is 30.0 Å². The topological polar surface area (TPSA) is 58.2 Å². The summed E-state index contributed by atoms with van der Waals surface area (Å²) in [6.07, 6.45) is 0.366. The molecule has 28 heavy (non-hydrogen) atoms. The number of nitrogens with one attached hydrogen (secondary N) is 2. The quantitative estimate of drug-likeness (QED) is 0.762. The molecule has 1 aromatic carbocycles. The van der Waals surface area contributed by atoms with Gasteiger partial charge in [-0.2, -0.15) is 13.2 Å². The minimum Gasteiger partial charge on any atom is -0.355 e. The fourth-order valence-electron chi connectivity index (χ4n) is 4.46. The second-order valence-electron chi connectivity index (χ2n) is 8.16. The molecule has 3 rings (SSSR count). The average molecular weight is 396 g/mol. The van der Waals surface area contributed by atoms with Crippen LogP contribution in [-0.4, -0.2) is 30.6 Å². The maximum Gasteiger partial charge on any atom is 0.408 e. The maximum absolute atomic E-state index is 12.8. The van der Waals surface area contributed by atoms with Gasteiger partial charge in [0, 0.05) is 12.0 Å². The van der Waals surface area contributed by atoms with E-state index >= 15 is 0 Å². The van der Waals surface area contributed by atoms with Crippen LogP contribution in [0, 0.1) is 12.8 Å². The molecule has 1 aliphatic heterocycles. The number of benzene rings is 1. The number of carbonyl (C=O) groups excluding carboxylic acids is 2. The Morgan fingerprint density at radius 3 is 2.54 bits per heavy atom. The second-order valence-corrected chi connectivity index (χ2v) is 8.16. The van der Waals surface area contributed by atoms with Gasteiger partial charge in [0.25, 0.3) is 0 Å². The Kier molecular flexibility index (Phi) is 6.01. The van der Waals surface area contributed by atoms with E-state index in [0.29, 0.717) is 6.54 Å². The van der Waals surface area contributed by atoms with Crippen molar-refractivity contribution in [2.45, 2.75) is 69.5 Å². The molecule has 1 heterocycles. The zero-order valence-electron chi connectivity index (χ0n) is 16.1. The molecule has 2 fully saturated rings. The first kappa shape index (κ1) is 20.7. The van der Waals surface area contributed by atoms with Crippen LogP contribution in [0.25, 0.3) is 0 Å². The molecular weight excluding hydrogens is 369 g/mol. The van der Waals surface area contributed by atoms with Gasteiger partial charge in [0.05, 0.1) is 0 Å². The summed E-state index contributed by atoms with van der Waals surface area (Å²) in [5, 5.41) is 4.83. The number of rotatable bonds is 4. The number of hydrogen-bond donors (Lipinski definition) is 2.